The number of hydrogen-bond donors (Lipinski definition) is 1. The van der Waals surface area contributed by atoms with Crippen molar-refractivity contribution in [3.05, 3.63) is 23.6 Å². The maximum Gasteiger partial charge on any atom is 0.147 e. The molecule has 0 aromatic carbocycles. The number of likely N-dealkylation sites (tertiary alicyclic amines) is 1. The summed E-state index contributed by atoms with van der Waals surface area (Å²) in [6.07, 6.45) is 2.46. The first kappa shape index (κ1) is 15.6. The summed E-state index contributed by atoms with van der Waals surface area (Å²) in [4.78, 5) is 11.2. The summed E-state index contributed by atoms with van der Waals surface area (Å²) in [6.45, 7) is 3.83. The van der Waals surface area contributed by atoms with E-state index in [9.17, 15) is 4.39 Å². The Labute approximate surface area is 131 Å². The molecule has 0 unspecified atom stereocenters. The van der Waals surface area contributed by atoms with E-state index in [0.29, 0.717) is 12.1 Å². The van der Waals surface area contributed by atoms with Crippen LogP contribution in [-0.2, 0) is 6.61 Å². The summed E-state index contributed by atoms with van der Waals surface area (Å²) in [5, 5.41) is 9.11. The number of aliphatic hydroxyl groups excluding tert-OH is 1. The van der Waals surface area contributed by atoms with Crippen LogP contribution in [0.1, 0.15) is 18.5 Å². The molecule has 0 spiro atoms. The third-order valence-electron chi connectivity index (χ3n) is 4.99. The van der Waals surface area contributed by atoms with Gasteiger partial charge >= 0.3 is 0 Å². The lowest BCUT2D eigenvalue weighted by atomic mass is 9.99. The maximum atomic E-state index is 13.4. The van der Waals surface area contributed by atoms with Crippen molar-refractivity contribution in [3.8, 4) is 0 Å². The number of nitrogens with zero attached hydrogens (tertiary/aromatic N) is 4. The summed E-state index contributed by atoms with van der Waals surface area (Å²) in [5.74, 6) is 0.332. The Balaban J connectivity index is 1.52. The Kier molecular flexibility index (Phi) is 4.61. The highest BCUT2D eigenvalue weighted by Gasteiger charge is 2.34. The monoisotopic (exact) mass is 308 g/mol. The molecular formula is C16H25FN4O. The lowest BCUT2D eigenvalue weighted by Crippen LogP contribution is -2.61. The molecule has 2 saturated heterocycles. The molecule has 0 bridgehead atoms. The molecule has 2 aliphatic rings. The SMILES string of the molecule is CN(C)C1CCN(C2CN(c3ccc(F)c(CO)n3)C2)CC1. The molecule has 0 amide bonds. The van der Waals surface area contributed by atoms with E-state index in [1.165, 1.54) is 18.9 Å². The van der Waals surface area contributed by atoms with Crippen LogP contribution in [0, 0.1) is 5.82 Å². The zero-order valence-electron chi connectivity index (χ0n) is 13.4. The summed E-state index contributed by atoms with van der Waals surface area (Å²) in [6, 6.07) is 4.37. The van der Waals surface area contributed by atoms with Gasteiger partial charge in [0.1, 0.15) is 17.3 Å². The van der Waals surface area contributed by atoms with Gasteiger partial charge in [-0.2, -0.15) is 0 Å². The fourth-order valence-corrected chi connectivity index (χ4v) is 3.40. The van der Waals surface area contributed by atoms with Crippen LogP contribution in [0.5, 0.6) is 0 Å². The number of halogens is 1. The van der Waals surface area contributed by atoms with Gasteiger partial charge in [0.15, 0.2) is 0 Å². The normalized spacial score (nSPS) is 21.4. The zero-order chi connectivity index (χ0) is 15.7. The number of pyridine rings is 1. The predicted octanol–water partition coefficient (Wildman–Crippen LogP) is 0.928. The Hall–Kier alpha value is -1.24. The highest BCUT2D eigenvalue weighted by Crippen LogP contribution is 2.26. The van der Waals surface area contributed by atoms with Crippen molar-refractivity contribution in [2.75, 3.05) is 45.2 Å². The Morgan fingerprint density at radius 2 is 1.95 bits per heavy atom. The minimum atomic E-state index is -0.436. The number of hydrogen-bond acceptors (Lipinski definition) is 5. The van der Waals surface area contributed by atoms with Crippen LogP contribution in [-0.4, -0.2) is 72.2 Å². The van der Waals surface area contributed by atoms with Crippen molar-refractivity contribution in [1.29, 1.82) is 0 Å². The molecule has 2 fully saturated rings. The molecule has 0 atom stereocenters. The fraction of sp³-hybridized carbons (Fsp3) is 0.688. The van der Waals surface area contributed by atoms with Gasteiger partial charge in [-0.1, -0.05) is 0 Å². The van der Waals surface area contributed by atoms with E-state index in [1.54, 1.807) is 6.07 Å². The number of rotatable bonds is 4. The van der Waals surface area contributed by atoms with Gasteiger partial charge in [-0.05, 0) is 39.1 Å². The lowest BCUT2D eigenvalue weighted by molar-refractivity contribution is 0.0940. The van der Waals surface area contributed by atoms with Crippen molar-refractivity contribution >= 4 is 5.82 Å². The van der Waals surface area contributed by atoms with E-state index in [1.807, 2.05) is 0 Å². The first-order valence-electron chi connectivity index (χ1n) is 8.00. The van der Waals surface area contributed by atoms with Crippen LogP contribution in [0.4, 0.5) is 10.2 Å². The van der Waals surface area contributed by atoms with E-state index in [0.717, 1.165) is 32.0 Å². The minimum Gasteiger partial charge on any atom is -0.390 e. The molecule has 1 N–H and O–H groups in total. The molecule has 5 nitrogen and oxygen atoms in total. The maximum absolute atomic E-state index is 13.4. The number of aliphatic hydroxyl groups is 1. The second kappa shape index (κ2) is 6.48. The number of aromatic nitrogens is 1. The van der Waals surface area contributed by atoms with E-state index >= 15 is 0 Å². The number of anilines is 1. The van der Waals surface area contributed by atoms with Gasteiger partial charge in [-0.3, -0.25) is 4.90 Å². The second-order valence-electron chi connectivity index (χ2n) is 6.55. The fourth-order valence-electron chi connectivity index (χ4n) is 3.40. The van der Waals surface area contributed by atoms with Gasteiger partial charge in [0, 0.05) is 38.3 Å². The summed E-state index contributed by atoms with van der Waals surface area (Å²) < 4.78 is 13.4. The van der Waals surface area contributed by atoms with Gasteiger partial charge < -0.3 is 14.9 Å². The molecule has 0 aliphatic carbocycles. The molecular weight excluding hydrogens is 283 g/mol. The second-order valence-corrected chi connectivity index (χ2v) is 6.55. The first-order valence-corrected chi connectivity index (χ1v) is 8.00. The van der Waals surface area contributed by atoms with Crippen LogP contribution >= 0.6 is 0 Å². The zero-order valence-corrected chi connectivity index (χ0v) is 13.4. The molecule has 1 aromatic rings. The highest BCUT2D eigenvalue weighted by atomic mass is 19.1. The molecule has 0 saturated carbocycles. The van der Waals surface area contributed by atoms with Gasteiger partial charge in [0.25, 0.3) is 0 Å². The minimum absolute atomic E-state index is 0.132. The predicted molar refractivity (Wildman–Crippen MR) is 84.4 cm³/mol. The largest absolute Gasteiger partial charge is 0.390 e. The molecule has 0 radical (unpaired) electrons. The lowest BCUT2D eigenvalue weighted by Gasteiger charge is -2.48. The topological polar surface area (TPSA) is 42.8 Å². The smallest absolute Gasteiger partial charge is 0.147 e. The molecule has 22 heavy (non-hydrogen) atoms. The van der Waals surface area contributed by atoms with E-state index in [2.05, 4.69) is 33.8 Å². The quantitative estimate of drug-likeness (QED) is 0.896. The van der Waals surface area contributed by atoms with Crippen molar-refractivity contribution in [2.45, 2.75) is 31.5 Å². The van der Waals surface area contributed by atoms with Crippen LogP contribution in [0.3, 0.4) is 0 Å². The first-order chi connectivity index (χ1) is 10.6. The number of piperidine rings is 1. The van der Waals surface area contributed by atoms with Crippen LogP contribution in [0.25, 0.3) is 0 Å². The van der Waals surface area contributed by atoms with E-state index in [4.69, 9.17) is 5.11 Å². The standard InChI is InChI=1S/C16H25FN4O/c1-19(2)12-5-7-20(8-6-12)13-9-21(10-13)16-4-3-14(17)15(11-22)18-16/h3-4,12-13,22H,5-11H2,1-2H3. The third-order valence-corrected chi connectivity index (χ3v) is 4.99. The average molecular weight is 308 g/mol. The Morgan fingerprint density at radius 3 is 2.55 bits per heavy atom. The molecule has 3 rings (SSSR count). The van der Waals surface area contributed by atoms with Gasteiger partial charge in [0.05, 0.1) is 6.61 Å². The average Bonchev–Trinajstić information content (AvgIpc) is 2.48. The summed E-state index contributed by atoms with van der Waals surface area (Å²) in [7, 11) is 4.31. The molecule has 122 valence electrons. The Morgan fingerprint density at radius 1 is 1.27 bits per heavy atom. The summed E-state index contributed by atoms with van der Waals surface area (Å²) >= 11 is 0. The molecule has 6 heteroatoms. The molecule has 2 aliphatic heterocycles. The van der Waals surface area contributed by atoms with E-state index < -0.39 is 5.82 Å². The van der Waals surface area contributed by atoms with Gasteiger partial charge in [-0.15, -0.1) is 0 Å². The van der Waals surface area contributed by atoms with Crippen LogP contribution in [0.15, 0.2) is 12.1 Å². The molecule has 1 aromatic heterocycles. The highest BCUT2D eigenvalue weighted by molar-refractivity contribution is 5.43. The Bertz CT molecular complexity index is 511. The third kappa shape index (κ3) is 3.09. The van der Waals surface area contributed by atoms with Crippen LogP contribution in [0.2, 0.25) is 0 Å². The summed E-state index contributed by atoms with van der Waals surface area (Å²) in [5.41, 5.74) is 0.132. The van der Waals surface area contributed by atoms with Gasteiger partial charge in [0.2, 0.25) is 0 Å². The van der Waals surface area contributed by atoms with Crippen molar-refractivity contribution in [3.63, 3.8) is 0 Å². The van der Waals surface area contributed by atoms with Crippen molar-refractivity contribution < 1.29 is 9.50 Å². The van der Waals surface area contributed by atoms with Crippen molar-refractivity contribution in [2.24, 2.45) is 0 Å². The molecule has 3 heterocycles. The van der Waals surface area contributed by atoms with E-state index in [-0.39, 0.29) is 12.3 Å². The van der Waals surface area contributed by atoms with Crippen molar-refractivity contribution in [1.82, 2.24) is 14.8 Å². The van der Waals surface area contributed by atoms with Gasteiger partial charge in [-0.25, -0.2) is 9.37 Å². The van der Waals surface area contributed by atoms with Crippen LogP contribution < -0.4 is 4.90 Å².